The third-order valence-electron chi connectivity index (χ3n) is 2.34. The van der Waals surface area contributed by atoms with E-state index in [2.05, 4.69) is 17.9 Å². The summed E-state index contributed by atoms with van der Waals surface area (Å²) in [4.78, 5) is 0. The first-order valence-electron chi connectivity index (χ1n) is 5.17. The van der Waals surface area contributed by atoms with Crippen LogP contribution in [0.1, 0.15) is 16.7 Å². The zero-order valence-corrected chi connectivity index (χ0v) is 9.14. The van der Waals surface area contributed by atoms with E-state index in [0.717, 1.165) is 11.1 Å². The average Bonchev–Trinajstić information content (AvgIpc) is 2.38. The number of para-hydroxylation sites is 1. The number of nitrogens with zero attached hydrogens (tertiary/aromatic N) is 1. The maximum absolute atomic E-state index is 8.93. The smallest absolute Gasteiger partial charge is 0.100 e. The van der Waals surface area contributed by atoms with Crippen LogP contribution in [0.15, 0.2) is 48.5 Å². The third-order valence-corrected chi connectivity index (χ3v) is 2.34. The molecule has 2 heteroatoms. The predicted octanol–water partition coefficient (Wildman–Crippen LogP) is 2.54. The van der Waals surface area contributed by atoms with Gasteiger partial charge < -0.3 is 5.73 Å². The van der Waals surface area contributed by atoms with Gasteiger partial charge in [-0.05, 0) is 24.3 Å². The molecule has 0 spiro atoms. The molecule has 0 heterocycles. The molecule has 2 rings (SSSR count). The molecule has 2 aromatic rings. The van der Waals surface area contributed by atoms with Gasteiger partial charge in [0.05, 0.1) is 5.56 Å². The lowest BCUT2D eigenvalue weighted by molar-refractivity contribution is 1.47. The highest BCUT2D eigenvalue weighted by molar-refractivity contribution is 5.58. The lowest BCUT2D eigenvalue weighted by Gasteiger charge is -1.96. The van der Waals surface area contributed by atoms with E-state index in [9.17, 15) is 0 Å². The van der Waals surface area contributed by atoms with Crippen LogP contribution in [0, 0.1) is 23.2 Å². The maximum atomic E-state index is 8.93. The Morgan fingerprint density at radius 2 is 1.29 bits per heavy atom. The highest BCUT2D eigenvalue weighted by Gasteiger charge is 1.96. The monoisotopic (exact) mass is 218 g/mol. The molecule has 80 valence electrons. The highest BCUT2D eigenvalue weighted by Crippen LogP contribution is 2.10. The lowest BCUT2D eigenvalue weighted by atomic mass is 10.1. The van der Waals surface area contributed by atoms with Crippen LogP contribution in [0.2, 0.25) is 0 Å². The van der Waals surface area contributed by atoms with Gasteiger partial charge in [0.1, 0.15) is 6.07 Å². The van der Waals surface area contributed by atoms with E-state index >= 15 is 0 Å². The topological polar surface area (TPSA) is 49.8 Å². The van der Waals surface area contributed by atoms with Gasteiger partial charge in [-0.25, -0.2) is 0 Å². The van der Waals surface area contributed by atoms with Gasteiger partial charge >= 0.3 is 0 Å². The van der Waals surface area contributed by atoms with Gasteiger partial charge in [0.25, 0.3) is 0 Å². The van der Waals surface area contributed by atoms with Gasteiger partial charge in [-0.15, -0.1) is 0 Å². The second-order valence-electron chi connectivity index (χ2n) is 3.49. The van der Waals surface area contributed by atoms with Crippen molar-refractivity contribution in [1.82, 2.24) is 0 Å². The molecule has 0 aromatic heterocycles. The summed E-state index contributed by atoms with van der Waals surface area (Å²) in [7, 11) is 0. The van der Waals surface area contributed by atoms with Crippen LogP contribution < -0.4 is 5.73 Å². The number of hydrogen-bond acceptors (Lipinski definition) is 2. The van der Waals surface area contributed by atoms with Crippen molar-refractivity contribution < 1.29 is 0 Å². The van der Waals surface area contributed by atoms with E-state index < -0.39 is 0 Å². The molecule has 0 atom stereocenters. The molecule has 0 fully saturated rings. The second-order valence-corrected chi connectivity index (χ2v) is 3.49. The number of nitrogens with two attached hydrogens (primary N) is 1. The van der Waals surface area contributed by atoms with Crippen LogP contribution in [-0.2, 0) is 0 Å². The molecule has 0 aliphatic carbocycles. The molecular formula is C15H10N2. The van der Waals surface area contributed by atoms with Crippen LogP contribution in [0.4, 0.5) is 5.69 Å². The summed E-state index contributed by atoms with van der Waals surface area (Å²) in [5.74, 6) is 5.95. The number of hydrogen-bond donors (Lipinski definition) is 1. The predicted molar refractivity (Wildman–Crippen MR) is 68.0 cm³/mol. The van der Waals surface area contributed by atoms with Crippen molar-refractivity contribution in [1.29, 1.82) is 5.26 Å². The minimum absolute atomic E-state index is 0.578. The molecule has 2 N–H and O–H groups in total. The number of rotatable bonds is 0. The summed E-state index contributed by atoms with van der Waals surface area (Å²) in [6.07, 6.45) is 0. The molecule has 0 bridgehead atoms. The Morgan fingerprint density at radius 1 is 0.765 bits per heavy atom. The molecule has 0 saturated carbocycles. The van der Waals surface area contributed by atoms with E-state index in [1.54, 1.807) is 12.1 Å². The van der Waals surface area contributed by atoms with Crippen LogP contribution in [0.3, 0.4) is 0 Å². The third kappa shape index (κ3) is 2.45. The molecular weight excluding hydrogens is 208 g/mol. The van der Waals surface area contributed by atoms with Crippen LogP contribution >= 0.6 is 0 Å². The normalized spacial score (nSPS) is 8.88. The van der Waals surface area contributed by atoms with Gasteiger partial charge in [0.2, 0.25) is 0 Å². The number of nitriles is 1. The fraction of sp³-hybridized carbons (Fsp3) is 0. The maximum Gasteiger partial charge on any atom is 0.100 e. The first-order chi connectivity index (χ1) is 8.31. The van der Waals surface area contributed by atoms with E-state index in [1.165, 1.54) is 0 Å². The Kier molecular flexibility index (Phi) is 3.10. The SMILES string of the molecule is N#Cc1ccccc1C#Cc1ccccc1N. The average molecular weight is 218 g/mol. The Balaban J connectivity index is 2.41. The first-order valence-corrected chi connectivity index (χ1v) is 5.17. The summed E-state index contributed by atoms with van der Waals surface area (Å²) >= 11 is 0. The Hall–Kier alpha value is -2.71. The molecule has 0 unspecified atom stereocenters. The van der Waals surface area contributed by atoms with Crippen molar-refractivity contribution in [2.75, 3.05) is 5.73 Å². The Morgan fingerprint density at radius 3 is 1.94 bits per heavy atom. The summed E-state index contributed by atoms with van der Waals surface area (Å²) < 4.78 is 0. The zero-order valence-electron chi connectivity index (χ0n) is 9.14. The summed E-state index contributed by atoms with van der Waals surface area (Å²) in [5.41, 5.74) is 8.51. The summed E-state index contributed by atoms with van der Waals surface area (Å²) in [6, 6.07) is 16.8. The number of benzene rings is 2. The second kappa shape index (κ2) is 4.88. The number of nitrogen functional groups attached to an aromatic ring is 1. The molecule has 17 heavy (non-hydrogen) atoms. The quantitative estimate of drug-likeness (QED) is 0.545. The Bertz CT molecular complexity index is 640. The van der Waals surface area contributed by atoms with Gasteiger partial charge in [-0.2, -0.15) is 5.26 Å². The summed E-state index contributed by atoms with van der Waals surface area (Å²) in [5, 5.41) is 8.93. The van der Waals surface area contributed by atoms with E-state index in [-0.39, 0.29) is 0 Å². The van der Waals surface area contributed by atoms with Crippen molar-refractivity contribution in [2.45, 2.75) is 0 Å². The van der Waals surface area contributed by atoms with Gasteiger partial charge in [-0.3, -0.25) is 0 Å². The zero-order chi connectivity index (χ0) is 12.1. The minimum Gasteiger partial charge on any atom is -0.398 e. The van der Waals surface area contributed by atoms with Crippen LogP contribution in [0.25, 0.3) is 0 Å². The molecule has 0 aliphatic rings. The van der Waals surface area contributed by atoms with Crippen LogP contribution in [-0.4, -0.2) is 0 Å². The van der Waals surface area contributed by atoms with Crippen molar-refractivity contribution in [2.24, 2.45) is 0 Å². The molecule has 0 amide bonds. The molecule has 0 saturated heterocycles. The van der Waals surface area contributed by atoms with Crippen molar-refractivity contribution in [3.63, 3.8) is 0 Å². The van der Waals surface area contributed by atoms with Crippen molar-refractivity contribution in [3.05, 3.63) is 65.2 Å². The molecule has 0 aliphatic heterocycles. The fourth-order valence-electron chi connectivity index (χ4n) is 1.44. The number of anilines is 1. The van der Waals surface area contributed by atoms with Crippen molar-refractivity contribution in [3.8, 4) is 17.9 Å². The van der Waals surface area contributed by atoms with Gasteiger partial charge in [0.15, 0.2) is 0 Å². The largest absolute Gasteiger partial charge is 0.398 e. The van der Waals surface area contributed by atoms with Gasteiger partial charge in [0, 0.05) is 16.8 Å². The molecule has 0 radical (unpaired) electrons. The van der Waals surface area contributed by atoms with Crippen molar-refractivity contribution >= 4 is 5.69 Å². The van der Waals surface area contributed by atoms with E-state index in [1.807, 2.05) is 36.4 Å². The molecule has 2 nitrogen and oxygen atoms in total. The fourth-order valence-corrected chi connectivity index (χ4v) is 1.44. The van der Waals surface area contributed by atoms with E-state index in [4.69, 9.17) is 11.0 Å². The summed E-state index contributed by atoms with van der Waals surface area (Å²) in [6.45, 7) is 0. The Labute approximate surface area is 100 Å². The standard InChI is InChI=1S/C15H10N2/c16-11-14-7-2-1-5-12(14)9-10-13-6-3-4-8-15(13)17/h1-8H,17H2. The minimum atomic E-state index is 0.578. The van der Waals surface area contributed by atoms with Crippen LogP contribution in [0.5, 0.6) is 0 Å². The first kappa shape index (κ1) is 10.8. The van der Waals surface area contributed by atoms with Gasteiger partial charge in [-0.1, -0.05) is 36.1 Å². The molecule has 2 aromatic carbocycles. The highest BCUT2D eigenvalue weighted by atomic mass is 14.5. The lowest BCUT2D eigenvalue weighted by Crippen LogP contribution is -1.89. The van der Waals surface area contributed by atoms with E-state index in [0.29, 0.717) is 11.3 Å².